The van der Waals surface area contributed by atoms with Gasteiger partial charge in [0, 0.05) is 37.6 Å². The normalized spacial score (nSPS) is 18.0. The number of nitrogens with zero attached hydrogens (tertiary/aromatic N) is 5. The Bertz CT molecular complexity index is 1360. The molecule has 1 saturated carbocycles. The fourth-order valence-electron chi connectivity index (χ4n) is 5.15. The molecule has 38 heavy (non-hydrogen) atoms. The fraction of sp³-hybridized carbons (Fsp3) is 0.393. The van der Waals surface area contributed by atoms with Crippen molar-refractivity contribution in [3.8, 4) is 5.69 Å². The van der Waals surface area contributed by atoms with Crippen molar-refractivity contribution >= 4 is 22.7 Å². The van der Waals surface area contributed by atoms with E-state index in [1.165, 1.54) is 6.20 Å². The molecule has 0 amide bonds. The lowest BCUT2D eigenvalue weighted by atomic mass is 9.86. The zero-order valence-electron chi connectivity index (χ0n) is 21.5. The van der Waals surface area contributed by atoms with Crippen LogP contribution in [0.25, 0.3) is 16.6 Å². The van der Waals surface area contributed by atoms with Gasteiger partial charge in [0.15, 0.2) is 5.69 Å². The van der Waals surface area contributed by atoms with Gasteiger partial charge in [0.05, 0.1) is 17.4 Å². The molecule has 1 aliphatic rings. The average Bonchev–Trinajstić information content (AvgIpc) is 3.34. The monoisotopic (exact) mass is 523 g/mol. The van der Waals surface area contributed by atoms with Crippen molar-refractivity contribution in [2.24, 2.45) is 5.92 Å². The van der Waals surface area contributed by atoms with Gasteiger partial charge in [-0.15, -0.1) is 0 Å². The summed E-state index contributed by atoms with van der Waals surface area (Å²) in [5.74, 6) is 1.91. The van der Waals surface area contributed by atoms with E-state index in [1.54, 1.807) is 30.3 Å². The summed E-state index contributed by atoms with van der Waals surface area (Å²) in [7, 11) is 3.95. The van der Waals surface area contributed by atoms with Crippen LogP contribution in [0.1, 0.15) is 36.9 Å². The van der Waals surface area contributed by atoms with Crippen LogP contribution < -0.4 is 15.5 Å². The van der Waals surface area contributed by atoms with E-state index in [9.17, 15) is 13.2 Å². The number of aromatic nitrogens is 4. The standard InChI is InChI=1S/C28H32F3N7/c1-37(2)26-23-10-6-7-11-24(23)35-27(36-26)34-21-14-12-19(13-15-21)16-32-17-20-18-33-38(25(20)28(29,30)31)22-8-4-3-5-9-22/h3-11,18-19,21,32H,12-17H2,1-2H3,(H,34,35,36)/t19-,21+. The van der Waals surface area contributed by atoms with Crippen molar-refractivity contribution < 1.29 is 13.2 Å². The number of fused-ring (bicyclic) bond motifs is 1. The molecule has 10 heteroatoms. The summed E-state index contributed by atoms with van der Waals surface area (Å²) >= 11 is 0. The third-order valence-corrected chi connectivity index (χ3v) is 7.05. The molecule has 0 spiro atoms. The lowest BCUT2D eigenvalue weighted by Crippen LogP contribution is -2.32. The Labute approximate surface area is 220 Å². The number of rotatable bonds is 8. The second kappa shape index (κ2) is 11.0. The number of para-hydroxylation sites is 2. The molecule has 2 aromatic heterocycles. The van der Waals surface area contributed by atoms with E-state index in [1.807, 2.05) is 43.3 Å². The third-order valence-electron chi connectivity index (χ3n) is 7.05. The zero-order valence-corrected chi connectivity index (χ0v) is 21.5. The van der Waals surface area contributed by atoms with Crippen LogP contribution in [-0.4, -0.2) is 46.4 Å². The van der Waals surface area contributed by atoms with Gasteiger partial charge in [-0.2, -0.15) is 23.3 Å². The van der Waals surface area contributed by atoms with Crippen LogP contribution in [0.5, 0.6) is 0 Å². The maximum atomic E-state index is 13.9. The summed E-state index contributed by atoms with van der Waals surface area (Å²) in [6.45, 7) is 0.788. The summed E-state index contributed by atoms with van der Waals surface area (Å²) in [6, 6.07) is 16.7. The van der Waals surface area contributed by atoms with Crippen molar-refractivity contribution in [1.29, 1.82) is 0 Å². The molecule has 0 aliphatic heterocycles. The maximum Gasteiger partial charge on any atom is 0.433 e. The minimum Gasteiger partial charge on any atom is -0.362 e. The molecular weight excluding hydrogens is 491 g/mol. The van der Waals surface area contributed by atoms with Crippen LogP contribution in [-0.2, 0) is 12.7 Å². The van der Waals surface area contributed by atoms with E-state index in [0.717, 1.165) is 47.1 Å². The highest BCUT2D eigenvalue weighted by Gasteiger charge is 2.38. The molecule has 2 aromatic carbocycles. The highest BCUT2D eigenvalue weighted by molar-refractivity contribution is 5.90. The third kappa shape index (κ3) is 5.75. The molecule has 4 aromatic rings. The molecular formula is C28H32F3N7. The first-order valence-electron chi connectivity index (χ1n) is 12.9. The molecule has 2 N–H and O–H groups in total. The van der Waals surface area contributed by atoms with Gasteiger partial charge in [0.2, 0.25) is 5.95 Å². The van der Waals surface area contributed by atoms with E-state index < -0.39 is 11.9 Å². The highest BCUT2D eigenvalue weighted by atomic mass is 19.4. The molecule has 200 valence electrons. The van der Waals surface area contributed by atoms with E-state index in [2.05, 4.69) is 15.7 Å². The second-order valence-electron chi connectivity index (χ2n) is 10.0. The lowest BCUT2D eigenvalue weighted by Gasteiger charge is -2.29. The van der Waals surface area contributed by atoms with E-state index in [0.29, 0.717) is 24.1 Å². The number of alkyl halides is 3. The van der Waals surface area contributed by atoms with Gasteiger partial charge in [-0.25, -0.2) is 9.67 Å². The number of halogens is 3. The number of benzene rings is 2. The SMILES string of the molecule is CN(C)c1nc(N[C@H]2CC[C@@H](CNCc3cnn(-c4ccccc4)c3C(F)(F)F)CC2)nc2ccccc12. The summed E-state index contributed by atoms with van der Waals surface area (Å²) in [6.07, 6.45) is 0.696. The second-order valence-corrected chi connectivity index (χ2v) is 10.0. The Morgan fingerprint density at radius 3 is 2.37 bits per heavy atom. The molecule has 1 aliphatic carbocycles. The largest absolute Gasteiger partial charge is 0.433 e. The molecule has 1 fully saturated rings. The minimum atomic E-state index is -4.50. The van der Waals surface area contributed by atoms with Gasteiger partial charge >= 0.3 is 6.18 Å². The number of anilines is 2. The number of nitrogens with one attached hydrogen (secondary N) is 2. The Morgan fingerprint density at radius 2 is 1.66 bits per heavy atom. The van der Waals surface area contributed by atoms with Crippen LogP contribution in [0.15, 0.2) is 60.8 Å². The van der Waals surface area contributed by atoms with Crippen LogP contribution in [0.3, 0.4) is 0 Å². The van der Waals surface area contributed by atoms with Gasteiger partial charge in [-0.3, -0.25) is 0 Å². The summed E-state index contributed by atoms with van der Waals surface area (Å²) in [5.41, 5.74) is 0.726. The molecule has 0 unspecified atom stereocenters. The van der Waals surface area contributed by atoms with Gasteiger partial charge in [-0.1, -0.05) is 30.3 Å². The van der Waals surface area contributed by atoms with Crippen molar-refractivity contribution in [3.05, 3.63) is 72.1 Å². The topological polar surface area (TPSA) is 70.9 Å². The molecule has 0 bridgehead atoms. The Kier molecular flexibility index (Phi) is 7.51. The van der Waals surface area contributed by atoms with E-state index >= 15 is 0 Å². The van der Waals surface area contributed by atoms with E-state index in [-0.39, 0.29) is 18.2 Å². The molecule has 0 atom stereocenters. The van der Waals surface area contributed by atoms with Crippen LogP contribution in [0, 0.1) is 5.92 Å². The molecule has 2 heterocycles. The Hall–Kier alpha value is -3.66. The predicted molar refractivity (Wildman–Crippen MR) is 144 cm³/mol. The van der Waals surface area contributed by atoms with Crippen LogP contribution in [0.2, 0.25) is 0 Å². The van der Waals surface area contributed by atoms with E-state index in [4.69, 9.17) is 9.97 Å². The first-order chi connectivity index (χ1) is 18.3. The van der Waals surface area contributed by atoms with Gasteiger partial charge in [0.25, 0.3) is 0 Å². The summed E-state index contributed by atoms with van der Waals surface area (Å²) < 4.78 is 42.6. The quantitative estimate of drug-likeness (QED) is 0.311. The number of hydrogen-bond acceptors (Lipinski definition) is 6. The molecule has 7 nitrogen and oxygen atoms in total. The van der Waals surface area contributed by atoms with Crippen molar-refractivity contribution in [1.82, 2.24) is 25.1 Å². The minimum absolute atomic E-state index is 0.123. The van der Waals surface area contributed by atoms with Gasteiger partial charge in [-0.05, 0) is 62.4 Å². The first kappa shape index (κ1) is 26.0. The summed E-state index contributed by atoms with van der Waals surface area (Å²) in [4.78, 5) is 11.4. The first-order valence-corrected chi connectivity index (χ1v) is 12.9. The molecule has 0 radical (unpaired) electrons. The maximum absolute atomic E-state index is 13.9. The van der Waals surface area contributed by atoms with Crippen LogP contribution >= 0.6 is 0 Å². The van der Waals surface area contributed by atoms with Crippen molar-refractivity contribution in [2.75, 3.05) is 30.9 Å². The van der Waals surface area contributed by atoms with Crippen molar-refractivity contribution in [3.63, 3.8) is 0 Å². The summed E-state index contributed by atoms with van der Waals surface area (Å²) in [5, 5.41) is 11.8. The average molecular weight is 524 g/mol. The van der Waals surface area contributed by atoms with Crippen LogP contribution in [0.4, 0.5) is 24.9 Å². The molecule has 5 rings (SSSR count). The molecule has 0 saturated heterocycles. The number of hydrogen-bond donors (Lipinski definition) is 2. The Balaban J connectivity index is 1.16. The predicted octanol–water partition coefficient (Wildman–Crippen LogP) is 5.66. The van der Waals surface area contributed by atoms with Gasteiger partial charge in [0.1, 0.15) is 5.82 Å². The van der Waals surface area contributed by atoms with Gasteiger partial charge < -0.3 is 15.5 Å². The lowest BCUT2D eigenvalue weighted by molar-refractivity contribution is -0.143. The Morgan fingerprint density at radius 1 is 0.947 bits per heavy atom. The highest BCUT2D eigenvalue weighted by Crippen LogP contribution is 2.34. The van der Waals surface area contributed by atoms with Crippen molar-refractivity contribution in [2.45, 2.75) is 44.4 Å². The smallest absolute Gasteiger partial charge is 0.362 e. The zero-order chi connectivity index (χ0) is 26.7. The fourth-order valence-corrected chi connectivity index (χ4v) is 5.15.